The Morgan fingerprint density at radius 3 is 2.00 bits per heavy atom. The molecule has 0 saturated carbocycles. The molecule has 2 rings (SSSR count). The number of benzene rings is 1. The number of methoxy groups -OCH3 is 2. The molecular formula is C18H31BrCl2N2O2. The van der Waals surface area contributed by atoms with Gasteiger partial charge in [0, 0.05) is 32.2 Å². The molecular weight excluding hydrogens is 427 g/mol. The van der Waals surface area contributed by atoms with Gasteiger partial charge in [0.05, 0.1) is 14.2 Å². The minimum atomic E-state index is 0. The van der Waals surface area contributed by atoms with Crippen molar-refractivity contribution in [1.82, 2.24) is 10.2 Å². The Kier molecular flexibility index (Phi) is 12.1. The summed E-state index contributed by atoms with van der Waals surface area (Å²) in [5, 5.41) is 3.44. The van der Waals surface area contributed by atoms with Crippen molar-refractivity contribution in [3.8, 4) is 11.5 Å². The van der Waals surface area contributed by atoms with Gasteiger partial charge in [0.25, 0.3) is 0 Å². The first-order valence-corrected chi connectivity index (χ1v) is 9.22. The van der Waals surface area contributed by atoms with E-state index in [4.69, 9.17) is 9.47 Å². The molecule has 0 spiro atoms. The lowest BCUT2D eigenvalue weighted by atomic mass is 9.95. The normalized spacial score (nSPS) is 15.9. The summed E-state index contributed by atoms with van der Waals surface area (Å²) < 4.78 is 12.0. The zero-order chi connectivity index (χ0) is 16.8. The quantitative estimate of drug-likeness (QED) is 0.643. The summed E-state index contributed by atoms with van der Waals surface area (Å²) in [6.45, 7) is 8.87. The Labute approximate surface area is 173 Å². The fraction of sp³-hybridized carbons (Fsp3) is 0.667. The first-order valence-electron chi connectivity index (χ1n) is 8.43. The summed E-state index contributed by atoms with van der Waals surface area (Å²) in [6, 6.07) is 4.72. The molecule has 0 bridgehead atoms. The molecule has 4 nitrogen and oxygen atoms in total. The fourth-order valence-corrected chi connectivity index (χ4v) is 3.68. The molecule has 1 heterocycles. The van der Waals surface area contributed by atoms with Crippen LogP contribution in [-0.4, -0.2) is 45.3 Å². The van der Waals surface area contributed by atoms with E-state index < -0.39 is 0 Å². The van der Waals surface area contributed by atoms with E-state index in [9.17, 15) is 0 Å². The molecule has 1 aromatic rings. The van der Waals surface area contributed by atoms with Crippen LogP contribution in [0.1, 0.15) is 38.3 Å². The van der Waals surface area contributed by atoms with Gasteiger partial charge in [-0.15, -0.1) is 24.8 Å². The van der Waals surface area contributed by atoms with Crippen LogP contribution in [0.3, 0.4) is 0 Å². The third-order valence-corrected chi connectivity index (χ3v) is 5.24. The maximum absolute atomic E-state index is 5.53. The van der Waals surface area contributed by atoms with Gasteiger partial charge in [0.2, 0.25) is 0 Å². The lowest BCUT2D eigenvalue weighted by Crippen LogP contribution is -2.45. The van der Waals surface area contributed by atoms with Gasteiger partial charge in [0.1, 0.15) is 16.0 Å². The molecule has 0 aromatic heterocycles. The molecule has 1 aromatic carbocycles. The molecule has 1 aliphatic heterocycles. The van der Waals surface area contributed by atoms with Crippen LogP contribution in [0.2, 0.25) is 0 Å². The van der Waals surface area contributed by atoms with Crippen LogP contribution in [-0.2, 0) is 0 Å². The maximum Gasteiger partial charge on any atom is 0.137 e. The molecule has 1 N–H and O–H groups in total. The van der Waals surface area contributed by atoms with Crippen LogP contribution >= 0.6 is 40.7 Å². The summed E-state index contributed by atoms with van der Waals surface area (Å²) in [7, 11) is 3.41. The van der Waals surface area contributed by atoms with Gasteiger partial charge in [-0.1, -0.05) is 13.8 Å². The number of nitrogens with zero attached hydrogens (tertiary/aromatic N) is 1. The summed E-state index contributed by atoms with van der Waals surface area (Å²) in [6.07, 6.45) is 2.38. The van der Waals surface area contributed by atoms with E-state index >= 15 is 0 Å². The number of piperazine rings is 1. The van der Waals surface area contributed by atoms with Gasteiger partial charge < -0.3 is 14.8 Å². The Bertz CT molecular complexity index is 487. The molecule has 146 valence electrons. The van der Waals surface area contributed by atoms with E-state index in [0.29, 0.717) is 12.0 Å². The number of rotatable bonds is 7. The molecule has 7 heteroatoms. The molecule has 0 amide bonds. The monoisotopic (exact) mass is 456 g/mol. The van der Waals surface area contributed by atoms with Crippen LogP contribution in [0.15, 0.2) is 16.6 Å². The first-order chi connectivity index (χ1) is 11.1. The number of hydrogen-bond acceptors (Lipinski definition) is 4. The number of hydrogen-bond donors (Lipinski definition) is 1. The van der Waals surface area contributed by atoms with Gasteiger partial charge in [-0.3, -0.25) is 4.90 Å². The first kappa shape index (κ1) is 24.8. The number of ether oxygens (including phenoxy) is 2. The molecule has 0 radical (unpaired) electrons. The molecule has 1 atom stereocenters. The molecule has 0 aliphatic carbocycles. The van der Waals surface area contributed by atoms with Crippen LogP contribution in [0.25, 0.3) is 0 Å². The molecule has 1 saturated heterocycles. The van der Waals surface area contributed by atoms with E-state index in [0.717, 1.165) is 48.6 Å². The van der Waals surface area contributed by atoms with Crippen LogP contribution in [0.5, 0.6) is 11.5 Å². The van der Waals surface area contributed by atoms with Crippen molar-refractivity contribution in [1.29, 1.82) is 0 Å². The summed E-state index contributed by atoms with van der Waals surface area (Å²) in [5.74, 6) is 2.38. The van der Waals surface area contributed by atoms with Crippen LogP contribution in [0.4, 0.5) is 0 Å². The van der Waals surface area contributed by atoms with Crippen molar-refractivity contribution in [2.75, 3.05) is 40.4 Å². The minimum Gasteiger partial charge on any atom is -0.495 e. The van der Waals surface area contributed by atoms with Gasteiger partial charge in [0.15, 0.2) is 0 Å². The average Bonchev–Trinajstić information content (AvgIpc) is 2.56. The number of nitrogens with one attached hydrogen (secondary N) is 1. The minimum absolute atomic E-state index is 0. The fourth-order valence-electron chi connectivity index (χ4n) is 3.13. The third kappa shape index (κ3) is 6.79. The second kappa shape index (κ2) is 12.2. The van der Waals surface area contributed by atoms with E-state index in [-0.39, 0.29) is 24.8 Å². The standard InChI is InChI=1S/C18H29BrN2O2.2ClH/c1-13(2)5-6-15(21-9-7-20-8-10-21)14-11-16(22-3)18(19)17(12-14)23-4;;/h11-13,15,20H,5-10H2,1-4H3;2*1H/t15-;;/m1../s1. The highest BCUT2D eigenvalue weighted by Gasteiger charge is 2.24. The van der Waals surface area contributed by atoms with Gasteiger partial charge in [-0.25, -0.2) is 0 Å². The van der Waals surface area contributed by atoms with Gasteiger partial charge in [-0.05, 0) is 52.4 Å². The topological polar surface area (TPSA) is 33.7 Å². The van der Waals surface area contributed by atoms with Crippen LogP contribution < -0.4 is 14.8 Å². The molecule has 1 aliphatic rings. The predicted octanol–water partition coefficient (Wildman–Crippen LogP) is 4.69. The van der Waals surface area contributed by atoms with Crippen molar-refractivity contribution >= 4 is 40.7 Å². The highest BCUT2D eigenvalue weighted by atomic mass is 79.9. The second-order valence-corrected chi connectivity index (χ2v) is 7.31. The predicted molar refractivity (Wildman–Crippen MR) is 113 cm³/mol. The number of halogens is 3. The second-order valence-electron chi connectivity index (χ2n) is 6.51. The van der Waals surface area contributed by atoms with E-state index in [1.54, 1.807) is 14.2 Å². The average molecular weight is 458 g/mol. The highest BCUT2D eigenvalue weighted by Crippen LogP contribution is 2.39. The smallest absolute Gasteiger partial charge is 0.137 e. The van der Waals surface area contributed by atoms with Crippen molar-refractivity contribution in [3.63, 3.8) is 0 Å². The zero-order valence-electron chi connectivity index (χ0n) is 15.5. The summed E-state index contributed by atoms with van der Waals surface area (Å²) >= 11 is 3.57. The molecule has 1 fully saturated rings. The van der Waals surface area contributed by atoms with Gasteiger partial charge >= 0.3 is 0 Å². The highest BCUT2D eigenvalue weighted by molar-refractivity contribution is 9.10. The largest absolute Gasteiger partial charge is 0.495 e. The van der Waals surface area contributed by atoms with Crippen molar-refractivity contribution in [2.24, 2.45) is 5.92 Å². The van der Waals surface area contributed by atoms with Gasteiger partial charge in [-0.2, -0.15) is 0 Å². The van der Waals surface area contributed by atoms with E-state index in [2.05, 4.69) is 52.1 Å². The third-order valence-electron chi connectivity index (χ3n) is 4.46. The maximum atomic E-state index is 5.53. The van der Waals surface area contributed by atoms with Crippen molar-refractivity contribution in [2.45, 2.75) is 32.7 Å². The Morgan fingerprint density at radius 1 is 1.04 bits per heavy atom. The SMILES string of the molecule is COc1cc([C@@H](CCC(C)C)N2CCNCC2)cc(OC)c1Br.Cl.Cl. The van der Waals surface area contributed by atoms with E-state index in [1.165, 1.54) is 12.0 Å². The molecule has 25 heavy (non-hydrogen) atoms. The Balaban J connectivity index is 0.00000288. The lowest BCUT2D eigenvalue weighted by Gasteiger charge is -2.36. The lowest BCUT2D eigenvalue weighted by molar-refractivity contribution is 0.159. The van der Waals surface area contributed by atoms with Crippen molar-refractivity contribution < 1.29 is 9.47 Å². The van der Waals surface area contributed by atoms with E-state index in [1.807, 2.05) is 0 Å². The van der Waals surface area contributed by atoms with Crippen LogP contribution in [0, 0.1) is 5.92 Å². The zero-order valence-corrected chi connectivity index (χ0v) is 18.7. The molecule has 0 unspecified atom stereocenters. The Morgan fingerprint density at radius 2 is 1.56 bits per heavy atom. The Hall–Kier alpha value is -0.200. The van der Waals surface area contributed by atoms with Crippen molar-refractivity contribution in [3.05, 3.63) is 22.2 Å². The summed E-state index contributed by atoms with van der Waals surface area (Å²) in [5.41, 5.74) is 1.28. The summed E-state index contributed by atoms with van der Waals surface area (Å²) in [4.78, 5) is 2.58.